The predicted octanol–water partition coefficient (Wildman–Crippen LogP) is 4.41. The van der Waals surface area contributed by atoms with Gasteiger partial charge < -0.3 is 10.6 Å². The van der Waals surface area contributed by atoms with Gasteiger partial charge in [-0.2, -0.15) is 0 Å². The molecule has 1 aliphatic rings. The Bertz CT molecular complexity index is 1050. The molecule has 29 heavy (non-hydrogen) atoms. The molecule has 6 nitrogen and oxygen atoms in total. The van der Waals surface area contributed by atoms with E-state index in [-0.39, 0.29) is 23.8 Å². The molecule has 3 aromatic rings. The number of nitrogens with zero attached hydrogens (tertiary/aromatic N) is 1. The number of halogens is 1. The summed E-state index contributed by atoms with van der Waals surface area (Å²) in [7, 11) is 0. The van der Waals surface area contributed by atoms with Gasteiger partial charge >= 0.3 is 6.03 Å². The van der Waals surface area contributed by atoms with Gasteiger partial charge in [0.2, 0.25) is 0 Å². The second-order valence-corrected chi connectivity index (χ2v) is 7.96. The summed E-state index contributed by atoms with van der Waals surface area (Å²) < 4.78 is 13.3. The highest BCUT2D eigenvalue weighted by Crippen LogP contribution is 2.23. The van der Waals surface area contributed by atoms with Crippen molar-refractivity contribution in [1.82, 2.24) is 10.3 Å². The van der Waals surface area contributed by atoms with Crippen molar-refractivity contribution in [2.75, 3.05) is 10.6 Å². The average Bonchev–Trinajstić information content (AvgIpc) is 3.39. The summed E-state index contributed by atoms with van der Waals surface area (Å²) in [5.41, 5.74) is 1.80. The highest BCUT2D eigenvalue weighted by molar-refractivity contribution is 7.15. The Balaban J connectivity index is 1.37. The minimum atomic E-state index is -0.317. The third-order valence-electron chi connectivity index (χ3n) is 4.34. The third-order valence-corrected chi connectivity index (χ3v) is 5.25. The summed E-state index contributed by atoms with van der Waals surface area (Å²) in [6.45, 7) is 0. The molecule has 1 fully saturated rings. The minimum absolute atomic E-state index is 0.257. The van der Waals surface area contributed by atoms with E-state index < -0.39 is 0 Å². The van der Waals surface area contributed by atoms with Crippen LogP contribution in [-0.2, 0) is 6.42 Å². The van der Waals surface area contributed by atoms with Crippen LogP contribution >= 0.6 is 11.3 Å². The zero-order chi connectivity index (χ0) is 20.2. The van der Waals surface area contributed by atoms with E-state index in [1.165, 1.54) is 23.5 Å². The molecular weight excluding hydrogens is 391 g/mol. The van der Waals surface area contributed by atoms with Crippen LogP contribution in [0.15, 0.2) is 54.7 Å². The van der Waals surface area contributed by atoms with E-state index in [1.807, 2.05) is 6.07 Å². The van der Waals surface area contributed by atoms with E-state index in [4.69, 9.17) is 0 Å². The van der Waals surface area contributed by atoms with Gasteiger partial charge in [-0.25, -0.2) is 14.2 Å². The largest absolute Gasteiger partial charge is 0.335 e. The van der Waals surface area contributed by atoms with Gasteiger partial charge in [0, 0.05) is 34.8 Å². The molecule has 0 atom stereocenters. The zero-order valence-corrected chi connectivity index (χ0v) is 16.3. The Morgan fingerprint density at radius 3 is 2.72 bits per heavy atom. The van der Waals surface area contributed by atoms with Gasteiger partial charge in [0.25, 0.3) is 5.91 Å². The van der Waals surface area contributed by atoms with Crippen molar-refractivity contribution >= 4 is 34.1 Å². The summed E-state index contributed by atoms with van der Waals surface area (Å²) in [6.07, 6.45) is 4.22. The van der Waals surface area contributed by atoms with Gasteiger partial charge in [0.15, 0.2) is 5.13 Å². The van der Waals surface area contributed by atoms with Crippen LogP contribution < -0.4 is 16.0 Å². The molecule has 0 saturated heterocycles. The van der Waals surface area contributed by atoms with Crippen molar-refractivity contribution in [2.24, 2.45) is 0 Å². The lowest BCUT2D eigenvalue weighted by molar-refractivity contribution is 0.102. The number of benzene rings is 2. The number of anilines is 2. The van der Waals surface area contributed by atoms with Gasteiger partial charge in [-0.05, 0) is 48.7 Å². The summed E-state index contributed by atoms with van der Waals surface area (Å²) >= 11 is 1.34. The molecule has 0 unspecified atom stereocenters. The van der Waals surface area contributed by atoms with E-state index in [1.54, 1.807) is 36.5 Å². The highest BCUT2D eigenvalue weighted by Gasteiger charge is 2.23. The molecule has 1 heterocycles. The molecule has 0 bridgehead atoms. The Kier molecular flexibility index (Phi) is 5.53. The van der Waals surface area contributed by atoms with Crippen molar-refractivity contribution in [3.8, 4) is 0 Å². The number of aromatic nitrogens is 1. The van der Waals surface area contributed by atoms with Crippen molar-refractivity contribution in [3.05, 3.63) is 76.5 Å². The van der Waals surface area contributed by atoms with Crippen LogP contribution in [0.2, 0.25) is 0 Å². The monoisotopic (exact) mass is 410 g/mol. The zero-order valence-electron chi connectivity index (χ0n) is 15.4. The van der Waals surface area contributed by atoms with Crippen molar-refractivity contribution in [3.63, 3.8) is 0 Å². The first-order valence-corrected chi connectivity index (χ1v) is 10.0. The van der Waals surface area contributed by atoms with Gasteiger partial charge in [-0.15, -0.1) is 11.3 Å². The fourth-order valence-corrected chi connectivity index (χ4v) is 3.62. The number of urea groups is 1. The van der Waals surface area contributed by atoms with Crippen LogP contribution in [0.3, 0.4) is 0 Å². The first kappa shape index (κ1) is 19.1. The highest BCUT2D eigenvalue weighted by atomic mass is 32.1. The molecule has 0 aliphatic heterocycles. The number of amides is 3. The van der Waals surface area contributed by atoms with Crippen LogP contribution in [0, 0.1) is 5.82 Å². The van der Waals surface area contributed by atoms with E-state index in [0.717, 1.165) is 23.3 Å². The second kappa shape index (κ2) is 8.40. The van der Waals surface area contributed by atoms with Crippen molar-refractivity contribution < 1.29 is 14.0 Å². The topological polar surface area (TPSA) is 83.1 Å². The smallest absolute Gasteiger partial charge is 0.319 e. The maximum atomic E-state index is 13.3. The number of hydrogen-bond acceptors (Lipinski definition) is 4. The molecule has 3 amide bonds. The van der Waals surface area contributed by atoms with Crippen LogP contribution in [0.25, 0.3) is 0 Å². The second-order valence-electron chi connectivity index (χ2n) is 6.85. The van der Waals surface area contributed by atoms with Gasteiger partial charge in [0.1, 0.15) is 5.82 Å². The Labute approximate surface area is 171 Å². The summed E-state index contributed by atoms with van der Waals surface area (Å²) in [5.74, 6) is -0.595. The SMILES string of the molecule is O=C(Nc1cccc(C(=O)Nc2ncc(Cc3cccc(F)c3)s2)c1)NC1CC1. The quantitative estimate of drug-likeness (QED) is 0.563. The molecule has 3 N–H and O–H groups in total. The minimum Gasteiger partial charge on any atom is -0.335 e. The van der Waals surface area contributed by atoms with Crippen LogP contribution in [0.1, 0.15) is 33.6 Å². The molecular formula is C21H19FN4O2S. The summed E-state index contributed by atoms with van der Waals surface area (Å²) in [5, 5.41) is 8.80. The first-order chi connectivity index (χ1) is 14.0. The van der Waals surface area contributed by atoms with Crippen LogP contribution in [0.5, 0.6) is 0 Å². The average molecular weight is 410 g/mol. The summed E-state index contributed by atoms with van der Waals surface area (Å²) in [6, 6.07) is 13.1. The fraction of sp³-hybridized carbons (Fsp3) is 0.190. The third kappa shape index (κ3) is 5.39. The van der Waals surface area contributed by atoms with Gasteiger partial charge in [-0.3, -0.25) is 10.1 Å². The van der Waals surface area contributed by atoms with Crippen LogP contribution in [-0.4, -0.2) is 23.0 Å². The van der Waals surface area contributed by atoms with E-state index in [9.17, 15) is 14.0 Å². The maximum Gasteiger partial charge on any atom is 0.319 e. The Hall–Kier alpha value is -3.26. The number of nitrogens with one attached hydrogen (secondary N) is 3. The lowest BCUT2D eigenvalue weighted by atomic mass is 10.1. The van der Waals surface area contributed by atoms with Crippen molar-refractivity contribution in [2.45, 2.75) is 25.3 Å². The standard InChI is InChI=1S/C21H19FN4O2S/c22-15-5-1-3-13(9-15)10-18-12-23-21(29-18)26-19(27)14-4-2-6-17(11-14)25-20(28)24-16-7-8-16/h1-6,9,11-12,16H,7-8,10H2,(H,23,26,27)(H2,24,25,28). The molecule has 1 saturated carbocycles. The summed E-state index contributed by atoms with van der Waals surface area (Å²) in [4.78, 5) is 29.5. The maximum absolute atomic E-state index is 13.3. The molecule has 0 spiro atoms. The lowest BCUT2D eigenvalue weighted by Gasteiger charge is -2.08. The lowest BCUT2D eigenvalue weighted by Crippen LogP contribution is -2.30. The molecule has 1 aliphatic carbocycles. The molecule has 4 rings (SSSR count). The molecule has 8 heteroatoms. The Morgan fingerprint density at radius 1 is 1.10 bits per heavy atom. The number of carbonyl (C=O) groups excluding carboxylic acids is 2. The van der Waals surface area contributed by atoms with Crippen molar-refractivity contribution in [1.29, 1.82) is 0 Å². The van der Waals surface area contributed by atoms with E-state index in [2.05, 4.69) is 20.9 Å². The Morgan fingerprint density at radius 2 is 1.93 bits per heavy atom. The molecule has 0 radical (unpaired) electrons. The normalized spacial score (nSPS) is 13.0. The number of carbonyl (C=O) groups is 2. The number of rotatable bonds is 6. The van der Waals surface area contributed by atoms with Crippen LogP contribution in [0.4, 0.5) is 20.0 Å². The van der Waals surface area contributed by atoms with Gasteiger partial charge in [-0.1, -0.05) is 18.2 Å². The fourth-order valence-electron chi connectivity index (χ4n) is 2.78. The molecule has 2 aromatic carbocycles. The van der Waals surface area contributed by atoms with Gasteiger partial charge in [0.05, 0.1) is 0 Å². The van der Waals surface area contributed by atoms with E-state index >= 15 is 0 Å². The first-order valence-electron chi connectivity index (χ1n) is 9.23. The van der Waals surface area contributed by atoms with E-state index in [0.29, 0.717) is 22.8 Å². The predicted molar refractivity (Wildman–Crippen MR) is 111 cm³/mol. The number of thiazole rings is 1. The molecule has 148 valence electrons. The molecule has 1 aromatic heterocycles. The number of hydrogen-bond donors (Lipinski definition) is 3.